The second kappa shape index (κ2) is 5.95. The minimum absolute atomic E-state index is 0.304. The van der Waals surface area contributed by atoms with Gasteiger partial charge in [-0.15, -0.1) is 11.3 Å². The smallest absolute Gasteiger partial charge is 0.244 e. The van der Waals surface area contributed by atoms with E-state index in [0.717, 1.165) is 10.4 Å². The van der Waals surface area contributed by atoms with E-state index < -0.39 is 5.54 Å². The molecule has 0 fully saturated rings. The number of hydrogen-bond donors (Lipinski definition) is 3. The summed E-state index contributed by atoms with van der Waals surface area (Å²) in [4.78, 5) is 12.6. The predicted octanol–water partition coefficient (Wildman–Crippen LogP) is 0.929. The topological polar surface area (TPSA) is 69.6 Å². The van der Waals surface area contributed by atoms with Crippen LogP contribution in [-0.2, 0) is 4.79 Å². The molecule has 0 bridgehead atoms. The Morgan fingerprint density at radius 1 is 1.53 bits per heavy atom. The van der Waals surface area contributed by atoms with Crippen molar-refractivity contribution in [2.75, 3.05) is 13.2 Å². The molecule has 17 heavy (non-hydrogen) atoms. The quantitative estimate of drug-likeness (QED) is 0.686. The summed E-state index contributed by atoms with van der Waals surface area (Å²) in [5, 5.41) is 22.6. The molecule has 94 valence electrons. The first-order chi connectivity index (χ1) is 8.00. The average Bonchev–Trinajstić information content (AvgIpc) is 2.72. The molecule has 0 aromatic carbocycles. The molecule has 3 N–H and O–H groups in total. The zero-order valence-corrected chi connectivity index (χ0v) is 10.8. The van der Waals surface area contributed by atoms with Crippen LogP contribution in [0.4, 0.5) is 0 Å². The van der Waals surface area contributed by atoms with Crippen LogP contribution in [0.2, 0.25) is 0 Å². The lowest BCUT2D eigenvalue weighted by Crippen LogP contribution is -2.51. The summed E-state index contributed by atoms with van der Waals surface area (Å²) >= 11 is 1.56. The molecule has 0 aliphatic carbocycles. The van der Waals surface area contributed by atoms with E-state index in [0.29, 0.717) is 0 Å². The van der Waals surface area contributed by atoms with Gasteiger partial charge in [0.25, 0.3) is 0 Å². The minimum atomic E-state index is -0.980. The fourth-order valence-electron chi connectivity index (χ4n) is 1.17. The number of nitrogens with one attached hydrogen (secondary N) is 1. The van der Waals surface area contributed by atoms with E-state index in [9.17, 15) is 4.79 Å². The fourth-order valence-corrected chi connectivity index (χ4v) is 1.99. The summed E-state index contributed by atoms with van der Waals surface area (Å²) in [6.45, 7) is 2.94. The normalized spacial score (nSPS) is 12.0. The van der Waals surface area contributed by atoms with Crippen LogP contribution in [0.5, 0.6) is 0 Å². The third-order valence-electron chi connectivity index (χ3n) is 2.41. The molecule has 0 aliphatic heterocycles. The Labute approximate surface area is 105 Å². The van der Waals surface area contributed by atoms with Crippen LogP contribution in [0.25, 0.3) is 6.08 Å². The molecular formula is C12H17NO3S. The zero-order valence-electron chi connectivity index (χ0n) is 9.93. The van der Waals surface area contributed by atoms with Gasteiger partial charge in [-0.05, 0) is 36.9 Å². The lowest BCUT2D eigenvalue weighted by atomic mass is 10.1. The van der Waals surface area contributed by atoms with Crippen LogP contribution in [0.3, 0.4) is 0 Å². The van der Waals surface area contributed by atoms with Crippen molar-refractivity contribution in [3.63, 3.8) is 0 Å². The number of hydrogen-bond acceptors (Lipinski definition) is 4. The van der Waals surface area contributed by atoms with Crippen molar-refractivity contribution in [3.05, 3.63) is 28.0 Å². The average molecular weight is 255 g/mol. The first-order valence-electron chi connectivity index (χ1n) is 5.27. The Morgan fingerprint density at radius 3 is 2.65 bits per heavy atom. The Morgan fingerprint density at radius 2 is 2.18 bits per heavy atom. The molecule has 0 unspecified atom stereocenters. The summed E-state index contributed by atoms with van der Waals surface area (Å²) in [5.41, 5.74) is 0.137. The maximum Gasteiger partial charge on any atom is 0.244 e. The second-order valence-corrected chi connectivity index (χ2v) is 5.12. The van der Waals surface area contributed by atoms with Crippen LogP contribution < -0.4 is 5.32 Å². The fraction of sp³-hybridized carbons (Fsp3) is 0.417. The third-order valence-corrected chi connectivity index (χ3v) is 3.39. The van der Waals surface area contributed by atoms with Crippen LogP contribution in [0, 0.1) is 6.92 Å². The molecular weight excluding hydrogens is 238 g/mol. The highest BCUT2D eigenvalue weighted by atomic mass is 32.1. The number of amides is 1. The SMILES string of the molecule is Cc1ccsc1/C=C/C(=O)NC(C)(CO)CO. The molecule has 1 aromatic heterocycles. The molecule has 0 aliphatic rings. The predicted molar refractivity (Wildman–Crippen MR) is 68.8 cm³/mol. The highest BCUT2D eigenvalue weighted by Crippen LogP contribution is 2.16. The molecule has 1 aromatic rings. The minimum Gasteiger partial charge on any atom is -0.394 e. The number of carbonyl (C=O) groups excluding carboxylic acids is 1. The molecule has 5 heteroatoms. The van der Waals surface area contributed by atoms with Gasteiger partial charge in [-0.25, -0.2) is 0 Å². The first-order valence-corrected chi connectivity index (χ1v) is 6.15. The van der Waals surface area contributed by atoms with Crippen LogP contribution >= 0.6 is 11.3 Å². The van der Waals surface area contributed by atoms with E-state index in [1.165, 1.54) is 6.08 Å². The van der Waals surface area contributed by atoms with Crippen LogP contribution in [0.1, 0.15) is 17.4 Å². The highest BCUT2D eigenvalue weighted by molar-refractivity contribution is 7.11. The zero-order chi connectivity index (χ0) is 12.9. The van der Waals surface area contributed by atoms with Gasteiger partial charge in [0.2, 0.25) is 5.91 Å². The van der Waals surface area contributed by atoms with Crippen molar-refractivity contribution in [3.8, 4) is 0 Å². The summed E-state index contributed by atoms with van der Waals surface area (Å²) < 4.78 is 0. The Bertz CT molecular complexity index is 408. The van der Waals surface area contributed by atoms with Gasteiger partial charge in [0, 0.05) is 11.0 Å². The number of thiophene rings is 1. The van der Waals surface area contributed by atoms with Gasteiger partial charge < -0.3 is 15.5 Å². The third kappa shape index (κ3) is 3.96. The van der Waals surface area contributed by atoms with Crippen molar-refractivity contribution < 1.29 is 15.0 Å². The molecule has 0 saturated carbocycles. The molecule has 1 heterocycles. The maximum atomic E-state index is 11.6. The Balaban J connectivity index is 2.61. The highest BCUT2D eigenvalue weighted by Gasteiger charge is 2.23. The molecule has 1 rings (SSSR count). The van der Waals surface area contributed by atoms with Crippen molar-refractivity contribution in [1.29, 1.82) is 0 Å². The van der Waals surface area contributed by atoms with Gasteiger partial charge >= 0.3 is 0 Å². The molecule has 4 nitrogen and oxygen atoms in total. The summed E-state index contributed by atoms with van der Waals surface area (Å²) in [6, 6.07) is 1.98. The van der Waals surface area contributed by atoms with Crippen molar-refractivity contribution >= 4 is 23.3 Å². The van der Waals surface area contributed by atoms with Gasteiger partial charge in [-0.2, -0.15) is 0 Å². The molecule has 0 spiro atoms. The monoisotopic (exact) mass is 255 g/mol. The Kier molecular flexibility index (Phi) is 4.86. The van der Waals surface area contributed by atoms with E-state index in [1.54, 1.807) is 24.3 Å². The van der Waals surface area contributed by atoms with Gasteiger partial charge in [-0.3, -0.25) is 4.79 Å². The van der Waals surface area contributed by atoms with E-state index in [1.807, 2.05) is 18.4 Å². The lowest BCUT2D eigenvalue weighted by molar-refractivity contribution is -0.119. The lowest BCUT2D eigenvalue weighted by Gasteiger charge is -2.25. The summed E-state index contributed by atoms with van der Waals surface area (Å²) in [6.07, 6.45) is 3.13. The second-order valence-electron chi connectivity index (χ2n) is 4.17. The molecule has 1 amide bonds. The van der Waals surface area contributed by atoms with Crippen molar-refractivity contribution in [2.45, 2.75) is 19.4 Å². The number of carbonyl (C=O) groups is 1. The van der Waals surface area contributed by atoms with Gasteiger partial charge in [0.1, 0.15) is 0 Å². The van der Waals surface area contributed by atoms with Gasteiger partial charge in [0.05, 0.1) is 18.8 Å². The van der Waals surface area contributed by atoms with Gasteiger partial charge in [0.15, 0.2) is 0 Å². The van der Waals surface area contributed by atoms with Gasteiger partial charge in [-0.1, -0.05) is 0 Å². The van der Waals surface area contributed by atoms with E-state index >= 15 is 0 Å². The molecule has 0 atom stereocenters. The number of aliphatic hydroxyl groups excluding tert-OH is 2. The van der Waals surface area contributed by atoms with Crippen LogP contribution in [-0.4, -0.2) is 34.9 Å². The van der Waals surface area contributed by atoms with E-state index in [4.69, 9.17) is 10.2 Å². The number of rotatable bonds is 5. The summed E-state index contributed by atoms with van der Waals surface area (Å²) in [5.74, 6) is -0.330. The summed E-state index contributed by atoms with van der Waals surface area (Å²) in [7, 11) is 0. The maximum absolute atomic E-state index is 11.6. The Hall–Kier alpha value is -1.17. The van der Waals surface area contributed by atoms with E-state index in [2.05, 4.69) is 5.32 Å². The van der Waals surface area contributed by atoms with Crippen molar-refractivity contribution in [2.24, 2.45) is 0 Å². The standard InChI is InChI=1S/C12H17NO3S/c1-9-5-6-17-10(9)3-4-11(16)13-12(2,7-14)8-15/h3-6,14-15H,7-8H2,1-2H3,(H,13,16)/b4-3+. The number of aryl methyl sites for hydroxylation is 1. The van der Waals surface area contributed by atoms with Crippen LogP contribution in [0.15, 0.2) is 17.5 Å². The molecule has 0 radical (unpaired) electrons. The van der Waals surface area contributed by atoms with Crippen molar-refractivity contribution in [1.82, 2.24) is 5.32 Å². The number of aliphatic hydroxyl groups is 2. The molecule has 0 saturated heterocycles. The largest absolute Gasteiger partial charge is 0.394 e. The first kappa shape index (κ1) is 13.9. The van der Waals surface area contributed by atoms with E-state index in [-0.39, 0.29) is 19.1 Å².